The van der Waals surface area contributed by atoms with E-state index in [9.17, 15) is 8.42 Å². The van der Waals surface area contributed by atoms with Crippen molar-refractivity contribution < 1.29 is 8.42 Å². The lowest BCUT2D eigenvalue weighted by Gasteiger charge is -2.13. The van der Waals surface area contributed by atoms with Gasteiger partial charge in [-0.3, -0.25) is 0 Å². The normalized spacial score (nSPS) is 13.4. The second kappa shape index (κ2) is 7.89. The SMILES string of the molecule is CSCCC(C)NS(=O)(=O)c1ccc(CCN)cc1. The molecule has 108 valence electrons. The van der Waals surface area contributed by atoms with Gasteiger partial charge in [0.05, 0.1) is 4.90 Å². The van der Waals surface area contributed by atoms with Crippen molar-refractivity contribution in [3.63, 3.8) is 0 Å². The minimum atomic E-state index is -3.41. The maximum atomic E-state index is 12.1. The van der Waals surface area contributed by atoms with Crippen LogP contribution in [0.2, 0.25) is 0 Å². The summed E-state index contributed by atoms with van der Waals surface area (Å²) >= 11 is 1.71. The van der Waals surface area contributed by atoms with E-state index in [4.69, 9.17) is 5.73 Å². The minimum absolute atomic E-state index is 0.0545. The topological polar surface area (TPSA) is 72.2 Å². The quantitative estimate of drug-likeness (QED) is 0.765. The summed E-state index contributed by atoms with van der Waals surface area (Å²) in [6.07, 6.45) is 3.60. The molecular weight excluding hydrogens is 280 g/mol. The van der Waals surface area contributed by atoms with E-state index in [0.717, 1.165) is 24.2 Å². The number of nitrogens with one attached hydrogen (secondary N) is 1. The van der Waals surface area contributed by atoms with E-state index in [0.29, 0.717) is 11.4 Å². The van der Waals surface area contributed by atoms with Crippen LogP contribution in [0.4, 0.5) is 0 Å². The molecule has 19 heavy (non-hydrogen) atoms. The van der Waals surface area contributed by atoms with Gasteiger partial charge in [0.1, 0.15) is 0 Å². The fraction of sp³-hybridized carbons (Fsp3) is 0.538. The molecule has 0 fully saturated rings. The molecule has 1 unspecified atom stereocenters. The first-order chi connectivity index (χ1) is 8.99. The standard InChI is InChI=1S/C13H22N2O2S2/c1-11(8-10-18-2)15-19(16,17)13-5-3-12(4-6-13)7-9-14/h3-6,11,15H,7-10,14H2,1-2H3. The first kappa shape index (κ1) is 16.5. The first-order valence-corrected chi connectivity index (χ1v) is 9.17. The Morgan fingerprint density at radius 2 is 1.95 bits per heavy atom. The Labute approximate surface area is 120 Å². The zero-order valence-electron chi connectivity index (χ0n) is 11.4. The number of hydrogen-bond acceptors (Lipinski definition) is 4. The van der Waals surface area contributed by atoms with Gasteiger partial charge in [0.2, 0.25) is 10.0 Å². The number of nitrogens with two attached hydrogens (primary N) is 1. The predicted molar refractivity (Wildman–Crippen MR) is 82.0 cm³/mol. The molecule has 0 saturated carbocycles. The molecule has 1 rings (SSSR count). The third-order valence-electron chi connectivity index (χ3n) is 2.78. The lowest BCUT2D eigenvalue weighted by atomic mass is 10.2. The second-order valence-corrected chi connectivity index (χ2v) is 7.19. The van der Waals surface area contributed by atoms with Crippen LogP contribution in [0.1, 0.15) is 18.9 Å². The van der Waals surface area contributed by atoms with Crippen LogP contribution in [0.5, 0.6) is 0 Å². The van der Waals surface area contributed by atoms with Crippen molar-refractivity contribution in [3.05, 3.63) is 29.8 Å². The van der Waals surface area contributed by atoms with Crippen molar-refractivity contribution in [2.24, 2.45) is 5.73 Å². The van der Waals surface area contributed by atoms with Gasteiger partial charge >= 0.3 is 0 Å². The molecule has 1 atom stereocenters. The minimum Gasteiger partial charge on any atom is -0.330 e. The fourth-order valence-electron chi connectivity index (χ4n) is 1.69. The average Bonchev–Trinajstić information content (AvgIpc) is 2.37. The average molecular weight is 302 g/mol. The first-order valence-electron chi connectivity index (χ1n) is 6.30. The Bertz CT molecular complexity index is 472. The van der Waals surface area contributed by atoms with Gasteiger partial charge in [-0.15, -0.1) is 0 Å². The summed E-state index contributed by atoms with van der Waals surface area (Å²) in [5, 5.41) is 0. The van der Waals surface area contributed by atoms with Crippen LogP contribution in [0.3, 0.4) is 0 Å². The summed E-state index contributed by atoms with van der Waals surface area (Å²) in [5.41, 5.74) is 6.52. The van der Waals surface area contributed by atoms with Crippen LogP contribution in [-0.2, 0) is 16.4 Å². The fourth-order valence-corrected chi connectivity index (χ4v) is 3.56. The van der Waals surface area contributed by atoms with E-state index in [1.807, 2.05) is 25.3 Å². The Hall–Kier alpha value is -0.560. The molecule has 3 N–H and O–H groups in total. The van der Waals surface area contributed by atoms with Gasteiger partial charge in [-0.1, -0.05) is 12.1 Å². The van der Waals surface area contributed by atoms with Crippen LogP contribution in [0.15, 0.2) is 29.2 Å². The van der Waals surface area contributed by atoms with E-state index >= 15 is 0 Å². The monoisotopic (exact) mass is 302 g/mol. The molecule has 0 heterocycles. The van der Waals surface area contributed by atoms with Crippen molar-refractivity contribution in [1.82, 2.24) is 4.72 Å². The molecule has 0 spiro atoms. The zero-order chi connectivity index (χ0) is 14.3. The highest BCUT2D eigenvalue weighted by Gasteiger charge is 2.16. The number of rotatable bonds is 8. The van der Waals surface area contributed by atoms with Crippen molar-refractivity contribution in [1.29, 1.82) is 0 Å². The molecule has 0 radical (unpaired) electrons. The van der Waals surface area contributed by atoms with Gasteiger partial charge < -0.3 is 5.73 Å². The predicted octanol–water partition coefficient (Wildman–Crippen LogP) is 1.61. The summed E-state index contributed by atoms with van der Waals surface area (Å²) in [6.45, 7) is 2.45. The van der Waals surface area contributed by atoms with Gasteiger partial charge in [0, 0.05) is 6.04 Å². The highest BCUT2D eigenvalue weighted by molar-refractivity contribution is 7.98. The highest BCUT2D eigenvalue weighted by Crippen LogP contribution is 2.12. The molecular formula is C13H22N2O2S2. The molecule has 0 aromatic heterocycles. The molecule has 0 amide bonds. The lowest BCUT2D eigenvalue weighted by Crippen LogP contribution is -2.33. The van der Waals surface area contributed by atoms with Crippen molar-refractivity contribution in [3.8, 4) is 0 Å². The van der Waals surface area contributed by atoms with E-state index in [1.165, 1.54) is 0 Å². The molecule has 0 aliphatic carbocycles. The van der Waals surface area contributed by atoms with Crippen LogP contribution in [-0.4, -0.2) is 33.0 Å². The molecule has 0 aliphatic heterocycles. The zero-order valence-corrected chi connectivity index (χ0v) is 13.1. The van der Waals surface area contributed by atoms with E-state index < -0.39 is 10.0 Å². The summed E-state index contributed by atoms with van der Waals surface area (Å²) in [5.74, 6) is 0.944. The molecule has 0 saturated heterocycles. The molecule has 4 nitrogen and oxygen atoms in total. The van der Waals surface area contributed by atoms with Crippen LogP contribution in [0, 0.1) is 0 Å². The molecule has 1 aromatic rings. The highest BCUT2D eigenvalue weighted by atomic mass is 32.2. The number of benzene rings is 1. The van der Waals surface area contributed by atoms with Gasteiger partial charge in [-0.25, -0.2) is 13.1 Å². The van der Waals surface area contributed by atoms with Crippen LogP contribution >= 0.6 is 11.8 Å². The van der Waals surface area contributed by atoms with Crippen molar-refractivity contribution in [2.45, 2.75) is 30.7 Å². The lowest BCUT2D eigenvalue weighted by molar-refractivity contribution is 0.557. The Kier molecular flexibility index (Phi) is 6.85. The Morgan fingerprint density at radius 3 is 2.47 bits per heavy atom. The van der Waals surface area contributed by atoms with E-state index in [1.54, 1.807) is 23.9 Å². The molecule has 1 aromatic carbocycles. The van der Waals surface area contributed by atoms with Gasteiger partial charge in [0.15, 0.2) is 0 Å². The van der Waals surface area contributed by atoms with Gasteiger partial charge in [0.25, 0.3) is 0 Å². The van der Waals surface area contributed by atoms with Crippen molar-refractivity contribution >= 4 is 21.8 Å². The van der Waals surface area contributed by atoms with Crippen molar-refractivity contribution in [2.75, 3.05) is 18.6 Å². The largest absolute Gasteiger partial charge is 0.330 e. The Balaban J connectivity index is 2.71. The summed E-state index contributed by atoms with van der Waals surface area (Å²) in [4.78, 5) is 0.310. The molecule has 0 aliphatic rings. The van der Waals surface area contributed by atoms with Crippen LogP contribution in [0.25, 0.3) is 0 Å². The Morgan fingerprint density at radius 1 is 1.32 bits per heavy atom. The number of sulfonamides is 1. The van der Waals surface area contributed by atoms with E-state index in [2.05, 4.69) is 4.72 Å². The number of thioether (sulfide) groups is 1. The molecule has 6 heteroatoms. The second-order valence-electron chi connectivity index (χ2n) is 4.49. The van der Waals surface area contributed by atoms with Gasteiger partial charge in [-0.2, -0.15) is 11.8 Å². The number of hydrogen-bond donors (Lipinski definition) is 2. The third kappa shape index (κ3) is 5.52. The summed E-state index contributed by atoms with van der Waals surface area (Å²) in [6, 6.07) is 6.84. The molecule has 0 bridgehead atoms. The maximum absolute atomic E-state index is 12.1. The summed E-state index contributed by atoms with van der Waals surface area (Å²) in [7, 11) is -3.41. The van der Waals surface area contributed by atoms with E-state index in [-0.39, 0.29) is 6.04 Å². The smallest absolute Gasteiger partial charge is 0.240 e. The van der Waals surface area contributed by atoms with Crippen LogP contribution < -0.4 is 10.5 Å². The third-order valence-corrected chi connectivity index (χ3v) is 5.03. The summed E-state index contributed by atoms with van der Waals surface area (Å²) < 4.78 is 27.0. The maximum Gasteiger partial charge on any atom is 0.240 e. The van der Waals surface area contributed by atoms with Gasteiger partial charge in [-0.05, 0) is 56.0 Å².